The maximum absolute atomic E-state index is 12.7. The maximum Gasteiger partial charge on any atom is 0.237 e. The molecule has 0 aliphatic heterocycles. The van der Waals surface area contributed by atoms with Gasteiger partial charge in [0.2, 0.25) is 5.91 Å². The van der Waals surface area contributed by atoms with Gasteiger partial charge in [-0.2, -0.15) is 0 Å². The van der Waals surface area contributed by atoms with Crippen LogP contribution in [-0.4, -0.2) is 33.5 Å². The van der Waals surface area contributed by atoms with Gasteiger partial charge in [0.1, 0.15) is 5.75 Å². The smallest absolute Gasteiger partial charge is 0.237 e. The van der Waals surface area contributed by atoms with Crippen molar-refractivity contribution < 1.29 is 9.53 Å². The minimum absolute atomic E-state index is 0.0152. The molecule has 3 aromatic rings. The van der Waals surface area contributed by atoms with Gasteiger partial charge in [-0.05, 0) is 48.6 Å². The van der Waals surface area contributed by atoms with Crippen molar-refractivity contribution >= 4 is 23.4 Å². The number of aromatic nitrogens is 3. The van der Waals surface area contributed by atoms with Crippen LogP contribution in [0.25, 0.3) is 0 Å². The molecule has 6 nitrogen and oxygen atoms in total. The molecule has 3 rings (SSSR count). The van der Waals surface area contributed by atoms with Gasteiger partial charge in [0.25, 0.3) is 0 Å². The minimum Gasteiger partial charge on any atom is -0.483 e. The van der Waals surface area contributed by atoms with Crippen LogP contribution in [0, 0.1) is 5.92 Å². The average Bonchev–Trinajstić information content (AvgIpc) is 3.19. The molecule has 176 valence electrons. The Morgan fingerprint density at radius 3 is 2.27 bits per heavy atom. The molecular formula is C26H34N4O2S. The summed E-state index contributed by atoms with van der Waals surface area (Å²) in [7, 11) is 1.79. The second-order valence-electron chi connectivity index (χ2n) is 8.91. The zero-order chi connectivity index (χ0) is 24.0. The number of carbonyl (C=O) groups is 1. The van der Waals surface area contributed by atoms with Crippen molar-refractivity contribution in [3.8, 4) is 5.75 Å². The molecule has 0 spiro atoms. The monoisotopic (exact) mass is 466 g/mol. The number of rotatable bonds is 10. The van der Waals surface area contributed by atoms with Crippen LogP contribution in [-0.2, 0) is 11.3 Å². The maximum atomic E-state index is 12.7. The first kappa shape index (κ1) is 24.8. The quantitative estimate of drug-likeness (QED) is 0.345. The highest BCUT2D eigenvalue weighted by molar-refractivity contribution is 7.99. The van der Waals surface area contributed by atoms with E-state index in [-0.39, 0.29) is 17.8 Å². The van der Waals surface area contributed by atoms with Crippen molar-refractivity contribution in [1.29, 1.82) is 0 Å². The van der Waals surface area contributed by atoms with E-state index in [2.05, 4.69) is 54.6 Å². The molecule has 0 fully saturated rings. The Balaban J connectivity index is 1.71. The summed E-state index contributed by atoms with van der Waals surface area (Å²) in [4.78, 5) is 14.4. The lowest BCUT2D eigenvalue weighted by molar-refractivity contribution is -0.115. The Morgan fingerprint density at radius 1 is 1.00 bits per heavy atom. The molecule has 0 aliphatic carbocycles. The Hall–Kier alpha value is -2.80. The molecule has 0 saturated heterocycles. The molecule has 1 atom stereocenters. The summed E-state index contributed by atoms with van der Waals surface area (Å²) in [6, 6.07) is 17.8. The van der Waals surface area contributed by atoms with Crippen LogP contribution in [0.5, 0.6) is 5.75 Å². The minimum atomic E-state index is -0.266. The summed E-state index contributed by atoms with van der Waals surface area (Å²) >= 11 is 1.41. The van der Waals surface area contributed by atoms with Gasteiger partial charge in [0.15, 0.2) is 17.1 Å². The van der Waals surface area contributed by atoms with E-state index < -0.39 is 0 Å². The predicted octanol–water partition coefficient (Wildman–Crippen LogP) is 5.95. The number of benzene rings is 2. The van der Waals surface area contributed by atoms with Crippen LogP contribution < -0.4 is 9.64 Å². The van der Waals surface area contributed by atoms with Crippen molar-refractivity contribution in [2.75, 3.05) is 17.7 Å². The average molecular weight is 467 g/mol. The van der Waals surface area contributed by atoms with Gasteiger partial charge in [0.05, 0.1) is 5.75 Å². The van der Waals surface area contributed by atoms with Crippen molar-refractivity contribution in [2.24, 2.45) is 5.92 Å². The highest BCUT2D eigenvalue weighted by Gasteiger charge is 2.22. The first-order chi connectivity index (χ1) is 15.8. The number of hydrogen-bond donors (Lipinski definition) is 0. The molecule has 0 bridgehead atoms. The van der Waals surface area contributed by atoms with Crippen LogP contribution in [0.2, 0.25) is 0 Å². The molecule has 7 heteroatoms. The van der Waals surface area contributed by atoms with Crippen molar-refractivity contribution in [3.63, 3.8) is 0 Å². The third kappa shape index (κ3) is 6.60. The topological polar surface area (TPSA) is 60.2 Å². The number of para-hydroxylation sites is 1. The fourth-order valence-corrected chi connectivity index (χ4v) is 4.32. The van der Waals surface area contributed by atoms with Gasteiger partial charge in [-0.15, -0.1) is 10.2 Å². The molecule has 33 heavy (non-hydrogen) atoms. The predicted molar refractivity (Wildman–Crippen MR) is 135 cm³/mol. The molecule has 0 N–H and O–H groups in total. The van der Waals surface area contributed by atoms with Crippen LogP contribution in [0.3, 0.4) is 0 Å². The fourth-order valence-electron chi connectivity index (χ4n) is 3.45. The summed E-state index contributed by atoms with van der Waals surface area (Å²) in [5.74, 6) is 2.76. The highest BCUT2D eigenvalue weighted by atomic mass is 32.2. The van der Waals surface area contributed by atoms with E-state index in [9.17, 15) is 4.79 Å². The van der Waals surface area contributed by atoms with Crippen molar-refractivity contribution in [1.82, 2.24) is 14.8 Å². The number of amides is 1. The van der Waals surface area contributed by atoms with Gasteiger partial charge in [-0.1, -0.05) is 69.8 Å². The van der Waals surface area contributed by atoms with Gasteiger partial charge in [0, 0.05) is 19.3 Å². The third-order valence-electron chi connectivity index (χ3n) is 5.36. The largest absolute Gasteiger partial charge is 0.483 e. The number of carbonyl (C=O) groups excluding carboxylic acids is 1. The van der Waals surface area contributed by atoms with E-state index in [0.717, 1.165) is 29.0 Å². The molecule has 2 aromatic carbocycles. The highest BCUT2D eigenvalue weighted by Crippen LogP contribution is 2.27. The lowest BCUT2D eigenvalue weighted by Crippen LogP contribution is -2.28. The zero-order valence-corrected chi connectivity index (χ0v) is 21.2. The number of hydrogen-bond acceptors (Lipinski definition) is 5. The number of ether oxygens (including phenoxy) is 1. The van der Waals surface area contributed by atoms with Crippen LogP contribution in [0.15, 0.2) is 59.8 Å². The second-order valence-corrected chi connectivity index (χ2v) is 9.85. The van der Waals surface area contributed by atoms with Gasteiger partial charge >= 0.3 is 0 Å². The Bertz CT molecular complexity index is 1030. The van der Waals surface area contributed by atoms with E-state index >= 15 is 0 Å². The summed E-state index contributed by atoms with van der Waals surface area (Å²) in [5, 5.41) is 9.57. The first-order valence-electron chi connectivity index (χ1n) is 11.4. The summed E-state index contributed by atoms with van der Waals surface area (Å²) in [6.45, 7) is 11.4. The van der Waals surface area contributed by atoms with E-state index in [0.29, 0.717) is 11.8 Å². The summed E-state index contributed by atoms with van der Waals surface area (Å²) in [5.41, 5.74) is 2.15. The summed E-state index contributed by atoms with van der Waals surface area (Å²) < 4.78 is 8.27. The van der Waals surface area contributed by atoms with E-state index in [1.54, 1.807) is 11.9 Å². The molecule has 1 amide bonds. The van der Waals surface area contributed by atoms with Gasteiger partial charge in [-0.25, -0.2) is 0 Å². The lowest BCUT2D eigenvalue weighted by Gasteiger charge is -2.19. The Morgan fingerprint density at radius 2 is 1.67 bits per heavy atom. The Kier molecular flexibility index (Phi) is 8.55. The molecule has 1 unspecified atom stereocenters. The molecule has 1 heterocycles. The number of anilines is 1. The van der Waals surface area contributed by atoms with Crippen LogP contribution >= 0.6 is 11.8 Å². The first-order valence-corrected chi connectivity index (χ1v) is 12.4. The molecule has 0 radical (unpaired) electrons. The summed E-state index contributed by atoms with van der Waals surface area (Å²) in [6.07, 6.45) is -0.266. The molecule has 1 aromatic heterocycles. The third-order valence-corrected chi connectivity index (χ3v) is 6.31. The fraction of sp³-hybridized carbons (Fsp3) is 0.423. The molecule has 0 aliphatic rings. The molecular weight excluding hydrogens is 432 g/mol. The SMILES string of the molecule is CC(C)Cn1c(SCC(=O)N(C)c2ccccc2)nnc1C(C)Oc1ccc(C(C)C)cc1. The van der Waals surface area contributed by atoms with Gasteiger partial charge in [-0.3, -0.25) is 4.79 Å². The van der Waals surface area contributed by atoms with Crippen LogP contribution in [0.1, 0.15) is 58.0 Å². The normalized spacial score (nSPS) is 12.2. The van der Waals surface area contributed by atoms with E-state index in [1.807, 2.05) is 49.4 Å². The van der Waals surface area contributed by atoms with E-state index in [4.69, 9.17) is 4.74 Å². The number of thioether (sulfide) groups is 1. The van der Waals surface area contributed by atoms with E-state index in [1.165, 1.54) is 17.3 Å². The lowest BCUT2D eigenvalue weighted by atomic mass is 10.0. The number of nitrogens with zero attached hydrogens (tertiary/aromatic N) is 4. The zero-order valence-electron chi connectivity index (χ0n) is 20.4. The Labute approximate surface area is 201 Å². The van der Waals surface area contributed by atoms with Crippen LogP contribution in [0.4, 0.5) is 5.69 Å². The molecule has 0 saturated carbocycles. The van der Waals surface area contributed by atoms with Crippen molar-refractivity contribution in [3.05, 3.63) is 66.0 Å². The second kappa shape index (κ2) is 11.4. The van der Waals surface area contributed by atoms with Gasteiger partial charge < -0.3 is 14.2 Å². The van der Waals surface area contributed by atoms with Crippen molar-refractivity contribution in [2.45, 2.75) is 58.3 Å². The standard InChI is InChI=1S/C26H34N4O2S/c1-18(2)16-30-25(20(5)32-23-14-12-21(13-15-23)19(3)4)27-28-26(30)33-17-24(31)29(6)22-10-8-7-9-11-22/h7-15,18-20H,16-17H2,1-6H3.